The van der Waals surface area contributed by atoms with Crippen molar-refractivity contribution in [1.29, 1.82) is 0 Å². The van der Waals surface area contributed by atoms with Crippen molar-refractivity contribution in [1.82, 2.24) is 5.32 Å². The number of nitrogens with one attached hydrogen (secondary N) is 1. The zero-order valence-corrected chi connectivity index (χ0v) is 14.7. The molecule has 0 radical (unpaired) electrons. The van der Waals surface area contributed by atoms with Gasteiger partial charge in [-0.25, -0.2) is 8.42 Å². The van der Waals surface area contributed by atoms with Crippen molar-refractivity contribution in [2.45, 2.75) is 26.2 Å². The van der Waals surface area contributed by atoms with Crippen LogP contribution in [0.1, 0.15) is 26.2 Å². The number of anilines is 1. The Hall–Kier alpha value is -1.08. The molecule has 0 atom stereocenters. The number of carbonyl (C=O) groups excluding carboxylic acids is 1. The molecule has 0 bridgehead atoms. The van der Waals surface area contributed by atoms with Gasteiger partial charge in [0.25, 0.3) is 0 Å². The molecule has 1 amide bonds. The number of amides is 1. The second-order valence-corrected chi connectivity index (χ2v) is 7.63. The molecule has 118 valence electrons. The molecule has 0 aliphatic rings. The first kappa shape index (κ1) is 18.0. The predicted octanol–water partition coefficient (Wildman–Crippen LogP) is 2.52. The minimum atomic E-state index is -3.50. The van der Waals surface area contributed by atoms with Gasteiger partial charge in [-0.3, -0.25) is 9.10 Å². The highest BCUT2D eigenvalue weighted by Gasteiger charge is 2.20. The summed E-state index contributed by atoms with van der Waals surface area (Å²) in [6.45, 7) is 2.46. The Morgan fingerprint density at radius 2 is 1.86 bits per heavy atom. The van der Waals surface area contributed by atoms with Gasteiger partial charge in [0.05, 0.1) is 11.9 Å². The van der Waals surface area contributed by atoms with Gasteiger partial charge in [0.1, 0.15) is 6.54 Å². The summed E-state index contributed by atoms with van der Waals surface area (Å²) in [5.41, 5.74) is 0.476. The highest BCUT2D eigenvalue weighted by molar-refractivity contribution is 9.10. The van der Waals surface area contributed by atoms with Crippen molar-refractivity contribution < 1.29 is 13.2 Å². The van der Waals surface area contributed by atoms with Crippen LogP contribution in [0, 0.1) is 0 Å². The molecule has 21 heavy (non-hydrogen) atoms. The first-order chi connectivity index (χ1) is 9.84. The fourth-order valence-corrected chi connectivity index (χ4v) is 2.92. The van der Waals surface area contributed by atoms with E-state index in [0.29, 0.717) is 12.2 Å². The molecule has 0 aromatic heterocycles. The molecule has 0 aliphatic carbocycles. The van der Waals surface area contributed by atoms with Gasteiger partial charge in [0.2, 0.25) is 15.9 Å². The lowest BCUT2D eigenvalue weighted by molar-refractivity contribution is -0.119. The first-order valence-electron chi connectivity index (χ1n) is 6.84. The summed E-state index contributed by atoms with van der Waals surface area (Å²) in [4.78, 5) is 11.9. The number of benzene rings is 1. The van der Waals surface area contributed by atoms with Gasteiger partial charge in [-0.2, -0.15) is 0 Å². The average Bonchev–Trinajstić information content (AvgIpc) is 2.41. The van der Waals surface area contributed by atoms with Gasteiger partial charge in [-0.05, 0) is 30.7 Å². The number of hydrogen-bond donors (Lipinski definition) is 1. The molecule has 0 spiro atoms. The number of carbonyl (C=O) groups is 1. The summed E-state index contributed by atoms with van der Waals surface area (Å²) in [6.07, 6.45) is 4.12. The maximum absolute atomic E-state index is 11.9. The van der Waals surface area contributed by atoms with Crippen LogP contribution < -0.4 is 9.62 Å². The molecular weight excluding hydrogens is 356 g/mol. The van der Waals surface area contributed by atoms with Crippen molar-refractivity contribution in [2.24, 2.45) is 0 Å². The summed E-state index contributed by atoms with van der Waals surface area (Å²) >= 11 is 3.30. The quantitative estimate of drug-likeness (QED) is 0.708. The van der Waals surface area contributed by atoms with E-state index >= 15 is 0 Å². The Morgan fingerprint density at radius 3 is 2.38 bits per heavy atom. The number of halogens is 1. The van der Waals surface area contributed by atoms with E-state index in [1.807, 2.05) is 0 Å². The topological polar surface area (TPSA) is 66.5 Å². The molecule has 7 heteroatoms. The van der Waals surface area contributed by atoms with Crippen LogP contribution in [0.5, 0.6) is 0 Å². The number of nitrogens with zero attached hydrogens (tertiary/aromatic N) is 1. The van der Waals surface area contributed by atoms with E-state index in [0.717, 1.165) is 34.3 Å². The number of unbranched alkanes of at least 4 members (excludes halogenated alkanes) is 2. The molecule has 1 aromatic carbocycles. The fourth-order valence-electron chi connectivity index (χ4n) is 1.80. The molecule has 1 N–H and O–H groups in total. The van der Waals surface area contributed by atoms with Crippen LogP contribution in [-0.4, -0.2) is 33.7 Å². The van der Waals surface area contributed by atoms with Crippen molar-refractivity contribution in [3.63, 3.8) is 0 Å². The van der Waals surface area contributed by atoms with Crippen LogP contribution >= 0.6 is 15.9 Å². The monoisotopic (exact) mass is 376 g/mol. The third-order valence-electron chi connectivity index (χ3n) is 2.90. The van der Waals surface area contributed by atoms with Crippen LogP contribution in [-0.2, 0) is 14.8 Å². The van der Waals surface area contributed by atoms with Crippen LogP contribution in [0.3, 0.4) is 0 Å². The lowest BCUT2D eigenvalue weighted by Crippen LogP contribution is -2.40. The van der Waals surface area contributed by atoms with Crippen molar-refractivity contribution in [2.75, 3.05) is 23.7 Å². The van der Waals surface area contributed by atoms with E-state index in [1.165, 1.54) is 0 Å². The number of sulfonamides is 1. The zero-order valence-electron chi connectivity index (χ0n) is 12.3. The second kappa shape index (κ2) is 8.38. The van der Waals surface area contributed by atoms with Gasteiger partial charge in [0, 0.05) is 11.0 Å². The van der Waals surface area contributed by atoms with Gasteiger partial charge in [0.15, 0.2) is 0 Å². The minimum absolute atomic E-state index is 0.202. The normalized spacial score (nSPS) is 11.2. The first-order valence-corrected chi connectivity index (χ1v) is 9.48. The zero-order chi connectivity index (χ0) is 15.9. The lowest BCUT2D eigenvalue weighted by Gasteiger charge is -2.21. The second-order valence-electron chi connectivity index (χ2n) is 4.80. The van der Waals surface area contributed by atoms with Crippen LogP contribution in [0.15, 0.2) is 28.7 Å². The van der Waals surface area contributed by atoms with E-state index in [9.17, 15) is 13.2 Å². The molecule has 0 unspecified atom stereocenters. The summed E-state index contributed by atoms with van der Waals surface area (Å²) in [6, 6.07) is 6.81. The molecule has 5 nitrogen and oxygen atoms in total. The maximum atomic E-state index is 11.9. The molecule has 1 rings (SSSR count). The lowest BCUT2D eigenvalue weighted by atomic mass is 10.2. The maximum Gasteiger partial charge on any atom is 0.240 e. The van der Waals surface area contributed by atoms with Crippen LogP contribution in [0.25, 0.3) is 0 Å². The van der Waals surface area contributed by atoms with Gasteiger partial charge >= 0.3 is 0 Å². The summed E-state index contributed by atoms with van der Waals surface area (Å²) < 4.78 is 25.7. The molecular formula is C14H21BrN2O3S. The smallest absolute Gasteiger partial charge is 0.240 e. The van der Waals surface area contributed by atoms with Gasteiger partial charge in [-0.15, -0.1) is 0 Å². The summed E-state index contributed by atoms with van der Waals surface area (Å²) in [7, 11) is -3.50. The molecule has 0 heterocycles. The average molecular weight is 377 g/mol. The van der Waals surface area contributed by atoms with Gasteiger partial charge < -0.3 is 5.32 Å². The Bertz CT molecular complexity index is 558. The van der Waals surface area contributed by atoms with Gasteiger partial charge in [-0.1, -0.05) is 35.7 Å². The number of hydrogen-bond acceptors (Lipinski definition) is 3. The molecule has 0 aliphatic heterocycles. The molecule has 0 saturated carbocycles. The number of rotatable bonds is 8. The van der Waals surface area contributed by atoms with Crippen LogP contribution in [0.2, 0.25) is 0 Å². The summed E-state index contributed by atoms with van der Waals surface area (Å²) in [5, 5.41) is 2.75. The fraction of sp³-hybridized carbons (Fsp3) is 0.500. The molecule has 1 aromatic rings. The predicted molar refractivity (Wildman–Crippen MR) is 88.9 cm³/mol. The van der Waals surface area contributed by atoms with E-state index in [2.05, 4.69) is 28.2 Å². The standard InChI is InChI=1S/C14H21BrN2O3S/c1-3-4-5-10-16-14(18)11-17(21(2,19)20)13-8-6-12(15)7-9-13/h6-9H,3-5,10-11H2,1-2H3,(H,16,18). The highest BCUT2D eigenvalue weighted by atomic mass is 79.9. The van der Waals surface area contributed by atoms with Crippen LogP contribution in [0.4, 0.5) is 5.69 Å². The van der Waals surface area contributed by atoms with E-state index in [-0.39, 0.29) is 12.5 Å². The van der Waals surface area contributed by atoms with Crippen molar-refractivity contribution >= 4 is 37.5 Å². The Labute approximate surface area is 134 Å². The Kier molecular flexibility index (Phi) is 7.17. The van der Waals surface area contributed by atoms with Crippen molar-refractivity contribution in [3.05, 3.63) is 28.7 Å². The third kappa shape index (κ3) is 6.48. The van der Waals surface area contributed by atoms with E-state index < -0.39 is 10.0 Å². The minimum Gasteiger partial charge on any atom is -0.355 e. The summed E-state index contributed by atoms with van der Waals surface area (Å²) in [5.74, 6) is -0.292. The van der Waals surface area contributed by atoms with Crippen molar-refractivity contribution in [3.8, 4) is 0 Å². The Balaban J connectivity index is 2.72. The highest BCUT2D eigenvalue weighted by Crippen LogP contribution is 2.20. The Morgan fingerprint density at radius 1 is 1.24 bits per heavy atom. The SMILES string of the molecule is CCCCCNC(=O)CN(c1ccc(Br)cc1)S(C)(=O)=O. The van der Waals surface area contributed by atoms with E-state index in [4.69, 9.17) is 0 Å². The molecule has 0 fully saturated rings. The third-order valence-corrected chi connectivity index (χ3v) is 4.57. The largest absolute Gasteiger partial charge is 0.355 e. The van der Waals surface area contributed by atoms with E-state index in [1.54, 1.807) is 24.3 Å². The molecule has 0 saturated heterocycles.